The highest BCUT2D eigenvalue weighted by atomic mass is 15.2. The van der Waals surface area contributed by atoms with Crippen LogP contribution in [0.5, 0.6) is 0 Å². The van der Waals surface area contributed by atoms with Crippen LogP contribution in [0.2, 0.25) is 0 Å². The lowest BCUT2D eigenvalue weighted by Gasteiger charge is -2.31. The van der Waals surface area contributed by atoms with Gasteiger partial charge in [0.2, 0.25) is 0 Å². The fourth-order valence-electron chi connectivity index (χ4n) is 4.39. The van der Waals surface area contributed by atoms with E-state index in [-0.39, 0.29) is 0 Å². The molecule has 0 bridgehead atoms. The number of fused-ring (bicyclic) bond motifs is 3. The summed E-state index contributed by atoms with van der Waals surface area (Å²) in [5, 5.41) is 16.7. The standard InChI is InChI=1S/C21H24N4/c1-13-4-5-19(14(2)8-13)24-16-9-15(11-22)21-17(10-16)18-12-23-7-6-20(18)25(21)3/h4-5,8-10,18,20,23-24H,6-7,12H2,1-3H3/t18-,20-/m0/s1. The summed E-state index contributed by atoms with van der Waals surface area (Å²) in [5.41, 5.74) is 7.75. The maximum absolute atomic E-state index is 9.71. The molecule has 2 atom stereocenters. The third-order valence-electron chi connectivity index (χ3n) is 5.62. The monoisotopic (exact) mass is 332 g/mol. The van der Waals surface area contributed by atoms with Gasteiger partial charge in [0.25, 0.3) is 0 Å². The number of nitrogens with one attached hydrogen (secondary N) is 2. The van der Waals surface area contributed by atoms with Crippen molar-refractivity contribution in [3.8, 4) is 6.07 Å². The number of aryl methyl sites for hydroxylation is 2. The van der Waals surface area contributed by atoms with E-state index in [0.717, 1.165) is 42.1 Å². The number of rotatable bonds is 2. The molecule has 0 amide bonds. The maximum atomic E-state index is 9.71. The summed E-state index contributed by atoms with van der Waals surface area (Å²) in [6.45, 7) is 6.25. The van der Waals surface area contributed by atoms with Gasteiger partial charge in [-0.2, -0.15) is 5.26 Å². The third kappa shape index (κ3) is 2.65. The smallest absolute Gasteiger partial charge is 0.101 e. The van der Waals surface area contributed by atoms with Crippen molar-refractivity contribution in [2.24, 2.45) is 0 Å². The first-order chi connectivity index (χ1) is 12.1. The number of hydrogen-bond donors (Lipinski definition) is 2. The van der Waals surface area contributed by atoms with Gasteiger partial charge in [0.05, 0.1) is 11.3 Å². The molecule has 25 heavy (non-hydrogen) atoms. The van der Waals surface area contributed by atoms with E-state index in [1.807, 2.05) is 6.07 Å². The predicted octanol–water partition coefficient (Wildman–Crippen LogP) is 3.81. The number of nitrogens with zero attached hydrogens (tertiary/aromatic N) is 2. The molecule has 0 radical (unpaired) electrons. The van der Waals surface area contributed by atoms with Crippen molar-refractivity contribution >= 4 is 17.1 Å². The van der Waals surface area contributed by atoms with Gasteiger partial charge in [0.1, 0.15) is 6.07 Å². The topological polar surface area (TPSA) is 51.1 Å². The van der Waals surface area contributed by atoms with Crippen LogP contribution in [0.4, 0.5) is 17.1 Å². The fraction of sp³-hybridized carbons (Fsp3) is 0.381. The van der Waals surface area contributed by atoms with E-state index < -0.39 is 0 Å². The van der Waals surface area contributed by atoms with Crippen LogP contribution in [0, 0.1) is 25.2 Å². The van der Waals surface area contributed by atoms with E-state index in [4.69, 9.17) is 0 Å². The second-order valence-electron chi connectivity index (χ2n) is 7.29. The fourth-order valence-corrected chi connectivity index (χ4v) is 4.39. The van der Waals surface area contributed by atoms with Crippen molar-refractivity contribution < 1.29 is 0 Å². The molecule has 0 saturated carbocycles. The molecular formula is C21H24N4. The van der Waals surface area contributed by atoms with Crippen molar-refractivity contribution in [1.82, 2.24) is 5.32 Å². The number of nitriles is 1. The summed E-state index contributed by atoms with van der Waals surface area (Å²) in [6, 6.07) is 13.5. The van der Waals surface area contributed by atoms with Crippen LogP contribution in [-0.4, -0.2) is 26.2 Å². The molecule has 0 aliphatic carbocycles. The van der Waals surface area contributed by atoms with Crippen LogP contribution in [-0.2, 0) is 0 Å². The molecule has 4 rings (SSSR count). The van der Waals surface area contributed by atoms with Gasteiger partial charge in [0, 0.05) is 36.9 Å². The van der Waals surface area contributed by atoms with Crippen LogP contribution in [0.25, 0.3) is 0 Å². The minimum Gasteiger partial charge on any atom is -0.370 e. The zero-order chi connectivity index (χ0) is 17.6. The summed E-state index contributed by atoms with van der Waals surface area (Å²) in [7, 11) is 2.13. The van der Waals surface area contributed by atoms with Crippen LogP contribution < -0.4 is 15.5 Å². The number of likely N-dealkylation sites (N-methyl/N-ethyl adjacent to an activating group) is 1. The van der Waals surface area contributed by atoms with E-state index in [1.165, 1.54) is 16.7 Å². The molecule has 2 aliphatic heterocycles. The van der Waals surface area contributed by atoms with Crippen LogP contribution in [0.1, 0.15) is 34.6 Å². The molecule has 0 spiro atoms. The van der Waals surface area contributed by atoms with E-state index in [0.29, 0.717) is 12.0 Å². The summed E-state index contributed by atoms with van der Waals surface area (Å²) in [5.74, 6) is 0.460. The molecule has 2 heterocycles. The lowest BCUT2D eigenvalue weighted by molar-refractivity contribution is 0.413. The highest BCUT2D eigenvalue weighted by molar-refractivity contribution is 5.77. The third-order valence-corrected chi connectivity index (χ3v) is 5.62. The van der Waals surface area contributed by atoms with Crippen LogP contribution in [0.15, 0.2) is 30.3 Å². The van der Waals surface area contributed by atoms with Gasteiger partial charge in [-0.25, -0.2) is 0 Å². The summed E-state index contributed by atoms with van der Waals surface area (Å²) < 4.78 is 0. The Balaban J connectivity index is 1.75. The number of hydrogen-bond acceptors (Lipinski definition) is 4. The van der Waals surface area contributed by atoms with Crippen LogP contribution >= 0.6 is 0 Å². The maximum Gasteiger partial charge on any atom is 0.101 e. The normalized spacial score (nSPS) is 21.4. The van der Waals surface area contributed by atoms with Gasteiger partial charge in [-0.3, -0.25) is 0 Å². The summed E-state index contributed by atoms with van der Waals surface area (Å²) in [4.78, 5) is 2.32. The number of anilines is 3. The first-order valence-electron chi connectivity index (χ1n) is 8.94. The van der Waals surface area contributed by atoms with Crippen molar-refractivity contribution in [3.05, 3.63) is 52.6 Å². The van der Waals surface area contributed by atoms with E-state index >= 15 is 0 Å². The van der Waals surface area contributed by atoms with E-state index in [1.54, 1.807) is 0 Å². The van der Waals surface area contributed by atoms with Crippen molar-refractivity contribution in [2.75, 3.05) is 30.4 Å². The first-order valence-corrected chi connectivity index (χ1v) is 8.94. The summed E-state index contributed by atoms with van der Waals surface area (Å²) in [6.07, 6.45) is 1.13. The van der Waals surface area contributed by atoms with Gasteiger partial charge in [-0.05, 0) is 56.1 Å². The van der Waals surface area contributed by atoms with Crippen molar-refractivity contribution in [1.29, 1.82) is 5.26 Å². The second kappa shape index (κ2) is 6.09. The molecule has 4 nitrogen and oxygen atoms in total. The number of piperidine rings is 1. The SMILES string of the molecule is Cc1ccc(Nc2cc(C#N)c3c(c2)[C@@H]2CNCC[C@@H]2N3C)c(C)c1. The van der Waals surface area contributed by atoms with Crippen molar-refractivity contribution in [2.45, 2.75) is 32.2 Å². The number of benzene rings is 2. The Morgan fingerprint density at radius 1 is 1.24 bits per heavy atom. The Morgan fingerprint density at radius 2 is 2.08 bits per heavy atom. The van der Waals surface area contributed by atoms with E-state index in [9.17, 15) is 5.26 Å². The van der Waals surface area contributed by atoms with Gasteiger partial charge >= 0.3 is 0 Å². The Hall–Kier alpha value is -2.51. The van der Waals surface area contributed by atoms with E-state index in [2.05, 4.69) is 66.8 Å². The van der Waals surface area contributed by atoms with Crippen LogP contribution in [0.3, 0.4) is 0 Å². The minimum absolute atomic E-state index is 0.460. The molecule has 2 aromatic carbocycles. The predicted molar refractivity (Wildman–Crippen MR) is 103 cm³/mol. The van der Waals surface area contributed by atoms with Crippen molar-refractivity contribution in [3.63, 3.8) is 0 Å². The average molecular weight is 332 g/mol. The molecule has 2 aromatic rings. The molecule has 4 heteroatoms. The van der Waals surface area contributed by atoms with Gasteiger partial charge in [-0.1, -0.05) is 17.7 Å². The quantitative estimate of drug-likeness (QED) is 0.878. The first kappa shape index (κ1) is 16.0. The summed E-state index contributed by atoms with van der Waals surface area (Å²) >= 11 is 0. The Bertz CT molecular complexity index is 865. The molecule has 128 valence electrons. The Morgan fingerprint density at radius 3 is 2.84 bits per heavy atom. The molecular weight excluding hydrogens is 308 g/mol. The molecule has 0 unspecified atom stereocenters. The largest absolute Gasteiger partial charge is 0.370 e. The average Bonchev–Trinajstić information content (AvgIpc) is 2.90. The second-order valence-corrected chi connectivity index (χ2v) is 7.29. The highest BCUT2D eigenvalue weighted by Gasteiger charge is 2.39. The lowest BCUT2D eigenvalue weighted by Crippen LogP contribution is -2.42. The highest BCUT2D eigenvalue weighted by Crippen LogP contribution is 2.45. The van der Waals surface area contributed by atoms with Gasteiger partial charge in [0.15, 0.2) is 0 Å². The van der Waals surface area contributed by atoms with Gasteiger partial charge in [-0.15, -0.1) is 0 Å². The molecule has 1 saturated heterocycles. The molecule has 0 aromatic heterocycles. The molecule has 1 fully saturated rings. The zero-order valence-electron chi connectivity index (χ0n) is 15.1. The zero-order valence-corrected chi connectivity index (χ0v) is 15.1. The Kier molecular flexibility index (Phi) is 3.89. The lowest BCUT2D eigenvalue weighted by atomic mass is 9.89. The van der Waals surface area contributed by atoms with Gasteiger partial charge < -0.3 is 15.5 Å². The molecule has 2 aliphatic rings. The minimum atomic E-state index is 0.460. The Labute approximate surface area is 149 Å². The molecule has 2 N–H and O–H groups in total.